The molecule has 0 spiro atoms. The van der Waals surface area contributed by atoms with Crippen molar-refractivity contribution in [2.24, 2.45) is 5.92 Å². The van der Waals surface area contributed by atoms with Gasteiger partial charge in [0.1, 0.15) is 5.75 Å². The van der Waals surface area contributed by atoms with Gasteiger partial charge < -0.3 is 4.74 Å². The Labute approximate surface area is 132 Å². The van der Waals surface area contributed by atoms with Crippen molar-refractivity contribution < 1.29 is 13.2 Å². The third-order valence-corrected chi connectivity index (χ3v) is 6.26. The number of hydrogen-bond donors (Lipinski definition) is 1. The number of fused-ring (bicyclic) bond motifs is 1. The van der Waals surface area contributed by atoms with Crippen LogP contribution >= 0.6 is 0 Å². The normalized spacial score (nSPS) is 21.1. The largest absolute Gasteiger partial charge is 0.496 e. The molecule has 3 rings (SSSR count). The third kappa shape index (κ3) is 3.14. The molecule has 0 saturated heterocycles. The molecule has 6 heteroatoms. The molecule has 22 heavy (non-hydrogen) atoms. The maximum atomic E-state index is 12.6. The minimum absolute atomic E-state index is 0.150. The van der Waals surface area contributed by atoms with Gasteiger partial charge in [-0.05, 0) is 48.8 Å². The van der Waals surface area contributed by atoms with Crippen LogP contribution in [0.25, 0.3) is 0 Å². The molecular formula is C16H24N2O3S. The van der Waals surface area contributed by atoms with E-state index in [1.165, 1.54) is 0 Å². The van der Waals surface area contributed by atoms with E-state index in [1.54, 1.807) is 11.4 Å². The van der Waals surface area contributed by atoms with Gasteiger partial charge in [-0.2, -0.15) is 17.4 Å². The lowest BCUT2D eigenvalue weighted by Gasteiger charge is -2.23. The Morgan fingerprint density at radius 3 is 2.73 bits per heavy atom. The van der Waals surface area contributed by atoms with Crippen molar-refractivity contribution in [3.63, 3.8) is 0 Å². The van der Waals surface area contributed by atoms with Crippen molar-refractivity contribution >= 4 is 10.2 Å². The third-order valence-electron chi connectivity index (χ3n) is 4.59. The van der Waals surface area contributed by atoms with E-state index in [0.29, 0.717) is 19.0 Å². The summed E-state index contributed by atoms with van der Waals surface area (Å²) in [7, 11) is -1.78. The molecule has 1 fully saturated rings. The van der Waals surface area contributed by atoms with Crippen LogP contribution in [-0.4, -0.2) is 32.9 Å². The van der Waals surface area contributed by atoms with Gasteiger partial charge in [-0.25, -0.2) is 0 Å². The molecular weight excluding hydrogens is 300 g/mol. The monoisotopic (exact) mass is 324 g/mol. The maximum Gasteiger partial charge on any atom is 0.280 e. The standard InChI is InChI=1S/C16H24N2O3S/c1-3-18(11-12-7-8-12)22(19,20)17-15-10-9-14-13(15)5-4-6-16(14)21-2/h4-6,12,15,17H,3,7-11H2,1-2H3/t15-/m1/s1. The van der Waals surface area contributed by atoms with Crippen molar-refractivity contribution in [1.82, 2.24) is 9.03 Å². The smallest absolute Gasteiger partial charge is 0.280 e. The average molecular weight is 324 g/mol. The molecule has 1 atom stereocenters. The molecule has 1 N–H and O–H groups in total. The van der Waals surface area contributed by atoms with Crippen molar-refractivity contribution in [3.05, 3.63) is 29.3 Å². The highest BCUT2D eigenvalue weighted by atomic mass is 32.2. The molecule has 0 radical (unpaired) electrons. The van der Waals surface area contributed by atoms with E-state index >= 15 is 0 Å². The summed E-state index contributed by atoms with van der Waals surface area (Å²) in [5.74, 6) is 1.40. The van der Waals surface area contributed by atoms with E-state index in [9.17, 15) is 8.42 Å². The molecule has 1 aromatic rings. The molecule has 1 saturated carbocycles. The van der Waals surface area contributed by atoms with E-state index in [2.05, 4.69) is 4.72 Å². The molecule has 0 aliphatic heterocycles. The molecule has 0 unspecified atom stereocenters. The molecule has 122 valence electrons. The van der Waals surface area contributed by atoms with Gasteiger partial charge in [0.15, 0.2) is 0 Å². The van der Waals surface area contributed by atoms with E-state index in [-0.39, 0.29) is 6.04 Å². The summed E-state index contributed by atoms with van der Waals surface area (Å²) in [6.45, 7) is 3.06. The lowest BCUT2D eigenvalue weighted by molar-refractivity contribution is 0.397. The maximum absolute atomic E-state index is 12.6. The van der Waals surface area contributed by atoms with Crippen LogP contribution in [0.5, 0.6) is 5.75 Å². The molecule has 2 aliphatic rings. The molecule has 5 nitrogen and oxygen atoms in total. The zero-order valence-corrected chi connectivity index (χ0v) is 14.0. The Morgan fingerprint density at radius 2 is 2.09 bits per heavy atom. The van der Waals surface area contributed by atoms with E-state index in [1.807, 2.05) is 25.1 Å². The van der Waals surface area contributed by atoms with Gasteiger partial charge in [-0.15, -0.1) is 0 Å². The molecule has 1 aromatic carbocycles. The molecule has 0 amide bonds. The Hall–Kier alpha value is -1.11. The number of rotatable bonds is 7. The van der Waals surface area contributed by atoms with Gasteiger partial charge in [0, 0.05) is 19.1 Å². The first-order chi connectivity index (χ1) is 10.5. The first-order valence-corrected chi connectivity index (χ1v) is 9.42. The first-order valence-electron chi connectivity index (χ1n) is 7.98. The average Bonchev–Trinajstić information content (AvgIpc) is 3.25. The molecule has 0 heterocycles. The second-order valence-electron chi connectivity index (χ2n) is 6.14. The summed E-state index contributed by atoms with van der Waals surface area (Å²) in [5.41, 5.74) is 2.17. The van der Waals surface area contributed by atoms with Crippen LogP contribution < -0.4 is 9.46 Å². The Kier molecular flexibility index (Phi) is 4.43. The topological polar surface area (TPSA) is 58.6 Å². The Balaban J connectivity index is 1.77. The summed E-state index contributed by atoms with van der Waals surface area (Å²) in [5, 5.41) is 0. The minimum atomic E-state index is -3.43. The van der Waals surface area contributed by atoms with E-state index in [4.69, 9.17) is 4.74 Å². The second kappa shape index (κ2) is 6.18. The predicted molar refractivity (Wildman–Crippen MR) is 86.1 cm³/mol. The van der Waals surface area contributed by atoms with Crippen molar-refractivity contribution in [1.29, 1.82) is 0 Å². The summed E-state index contributed by atoms with van der Waals surface area (Å²) >= 11 is 0. The van der Waals surface area contributed by atoms with E-state index in [0.717, 1.165) is 42.6 Å². The van der Waals surface area contributed by atoms with Crippen LogP contribution in [0.15, 0.2) is 18.2 Å². The SMILES string of the molecule is CCN(CC1CC1)S(=O)(=O)N[C@@H]1CCc2c(OC)cccc21. The highest BCUT2D eigenvalue weighted by Gasteiger charge is 2.33. The summed E-state index contributed by atoms with van der Waals surface area (Å²) < 4.78 is 35.1. The highest BCUT2D eigenvalue weighted by Crippen LogP contribution is 2.37. The van der Waals surface area contributed by atoms with Crippen LogP contribution in [0.4, 0.5) is 0 Å². The summed E-state index contributed by atoms with van der Waals surface area (Å²) in [6, 6.07) is 5.70. The fraction of sp³-hybridized carbons (Fsp3) is 0.625. The van der Waals surface area contributed by atoms with Gasteiger partial charge in [0.2, 0.25) is 0 Å². The van der Waals surface area contributed by atoms with Crippen molar-refractivity contribution in [2.75, 3.05) is 20.2 Å². The van der Waals surface area contributed by atoms with Gasteiger partial charge in [-0.3, -0.25) is 0 Å². The van der Waals surface area contributed by atoms with Gasteiger partial charge in [-0.1, -0.05) is 19.1 Å². The summed E-state index contributed by atoms with van der Waals surface area (Å²) in [4.78, 5) is 0. The van der Waals surface area contributed by atoms with Crippen LogP contribution in [0.3, 0.4) is 0 Å². The quantitative estimate of drug-likeness (QED) is 0.837. The molecule has 0 aromatic heterocycles. The van der Waals surface area contributed by atoms with Gasteiger partial charge in [0.25, 0.3) is 10.2 Å². The zero-order chi connectivity index (χ0) is 15.7. The first kappa shape index (κ1) is 15.8. The fourth-order valence-electron chi connectivity index (χ4n) is 3.17. The Bertz CT molecular complexity index is 641. The van der Waals surface area contributed by atoms with Crippen LogP contribution in [0.2, 0.25) is 0 Å². The minimum Gasteiger partial charge on any atom is -0.496 e. The van der Waals surface area contributed by atoms with Crippen LogP contribution in [0.1, 0.15) is 43.4 Å². The van der Waals surface area contributed by atoms with Crippen molar-refractivity contribution in [2.45, 2.75) is 38.6 Å². The molecule has 2 aliphatic carbocycles. The van der Waals surface area contributed by atoms with Crippen molar-refractivity contribution in [3.8, 4) is 5.75 Å². The number of ether oxygens (including phenoxy) is 1. The number of methoxy groups -OCH3 is 1. The zero-order valence-electron chi connectivity index (χ0n) is 13.2. The number of nitrogens with zero attached hydrogens (tertiary/aromatic N) is 1. The number of benzene rings is 1. The van der Waals surface area contributed by atoms with Crippen LogP contribution in [-0.2, 0) is 16.6 Å². The number of hydrogen-bond acceptors (Lipinski definition) is 3. The van der Waals surface area contributed by atoms with Crippen LogP contribution in [0, 0.1) is 5.92 Å². The number of nitrogens with one attached hydrogen (secondary N) is 1. The lowest BCUT2D eigenvalue weighted by atomic mass is 10.1. The summed E-state index contributed by atoms with van der Waals surface area (Å²) in [6.07, 6.45) is 3.93. The molecule has 0 bridgehead atoms. The predicted octanol–water partition coefficient (Wildman–Crippen LogP) is 2.25. The lowest BCUT2D eigenvalue weighted by Crippen LogP contribution is -2.42. The van der Waals surface area contributed by atoms with E-state index < -0.39 is 10.2 Å². The second-order valence-corrected chi connectivity index (χ2v) is 7.84. The Morgan fingerprint density at radius 1 is 1.32 bits per heavy atom. The fourth-order valence-corrected chi connectivity index (χ4v) is 4.67. The van der Waals surface area contributed by atoms with Gasteiger partial charge in [0.05, 0.1) is 7.11 Å². The van der Waals surface area contributed by atoms with Gasteiger partial charge >= 0.3 is 0 Å². The highest BCUT2D eigenvalue weighted by molar-refractivity contribution is 7.87.